The number of likely N-dealkylation sites (tertiary alicyclic amines) is 1. The molecule has 2 aromatic rings. The monoisotopic (exact) mass is 568 g/mol. The van der Waals surface area contributed by atoms with E-state index >= 15 is 0 Å². The summed E-state index contributed by atoms with van der Waals surface area (Å²) in [6, 6.07) is 6.90. The molecule has 3 atom stereocenters. The lowest BCUT2D eigenvalue weighted by molar-refractivity contribution is -0.143. The lowest BCUT2D eigenvalue weighted by atomic mass is 9.74. The number of amides is 1. The van der Waals surface area contributed by atoms with E-state index in [1.165, 1.54) is 0 Å². The number of alkyl halides is 1. The normalized spacial score (nSPS) is 29.5. The Bertz CT molecular complexity index is 1260. The summed E-state index contributed by atoms with van der Waals surface area (Å²) >= 11 is 0. The molecule has 3 aliphatic rings. The van der Waals surface area contributed by atoms with Gasteiger partial charge in [-0.1, -0.05) is 13.0 Å². The summed E-state index contributed by atoms with van der Waals surface area (Å²) in [7, 11) is 3.49. The molecule has 2 heterocycles. The first-order chi connectivity index (χ1) is 19.7. The van der Waals surface area contributed by atoms with Crippen molar-refractivity contribution in [2.45, 2.75) is 83.3 Å². The summed E-state index contributed by atoms with van der Waals surface area (Å²) in [5, 5.41) is 10.3. The number of hydrogen-bond donors (Lipinski definition) is 1. The van der Waals surface area contributed by atoms with Gasteiger partial charge < -0.3 is 19.3 Å². The van der Waals surface area contributed by atoms with Crippen LogP contribution in [0.1, 0.15) is 80.8 Å². The number of aromatic carboxylic acids is 1. The summed E-state index contributed by atoms with van der Waals surface area (Å²) in [5.74, 6) is 0.00329. The number of benzene rings is 1. The molecular weight excluding hydrogens is 523 g/mol. The lowest BCUT2D eigenvalue weighted by Crippen LogP contribution is -2.48. The van der Waals surface area contributed by atoms with Crippen molar-refractivity contribution < 1.29 is 28.6 Å². The van der Waals surface area contributed by atoms with Gasteiger partial charge in [-0.25, -0.2) is 4.79 Å². The van der Waals surface area contributed by atoms with Crippen LogP contribution in [0.25, 0.3) is 10.9 Å². The Morgan fingerprint density at radius 3 is 2.37 bits per heavy atom. The van der Waals surface area contributed by atoms with Crippen molar-refractivity contribution in [1.82, 2.24) is 9.47 Å². The third kappa shape index (κ3) is 6.08. The van der Waals surface area contributed by atoms with Gasteiger partial charge in [0.15, 0.2) is 5.78 Å². The van der Waals surface area contributed by atoms with E-state index in [-0.39, 0.29) is 54.3 Å². The van der Waals surface area contributed by atoms with Gasteiger partial charge in [0.25, 0.3) is 0 Å². The standard InChI is InChI=1S/C33H45FN2O5/c1-20(19-34)22-5-7-24(8-6-22)32(38)36-15-14-27(23-9-11-26(41-3)12-10-23)31(36)30(37)17-21-4-13-28-25(16-21)18-29(33(39)40)35(28)2/h4,13,16,18,20,22-24,26-27,31H,5-12,14-15,17,19H2,1-3H3,(H,39,40)/t20?,22?,23?,24?,26?,27-,31-/m0/s1. The van der Waals surface area contributed by atoms with Crippen molar-refractivity contribution in [3.8, 4) is 0 Å². The number of halogens is 1. The molecule has 1 aliphatic heterocycles. The molecule has 1 saturated heterocycles. The van der Waals surface area contributed by atoms with E-state index in [4.69, 9.17) is 4.74 Å². The van der Waals surface area contributed by atoms with Crippen LogP contribution < -0.4 is 0 Å². The maximum Gasteiger partial charge on any atom is 0.352 e. The SMILES string of the molecule is COC1CCC([C@@H]2CCN(C(=O)C3CCC(C(C)CF)CC3)[C@@H]2C(=O)Cc2ccc3c(c2)cc(C(=O)O)n3C)CC1. The van der Waals surface area contributed by atoms with E-state index in [1.54, 1.807) is 24.8 Å². The minimum absolute atomic E-state index is 0.0345. The second-order valence-corrected chi connectivity index (χ2v) is 12.9. The highest BCUT2D eigenvalue weighted by molar-refractivity contribution is 5.96. The second kappa shape index (κ2) is 12.6. The average Bonchev–Trinajstić information content (AvgIpc) is 3.58. The van der Waals surface area contributed by atoms with Gasteiger partial charge in [-0.3, -0.25) is 14.0 Å². The number of hydrogen-bond acceptors (Lipinski definition) is 4. The Morgan fingerprint density at radius 2 is 1.73 bits per heavy atom. The van der Waals surface area contributed by atoms with Gasteiger partial charge in [0.05, 0.1) is 18.8 Å². The summed E-state index contributed by atoms with van der Waals surface area (Å²) in [5.41, 5.74) is 1.85. The van der Waals surface area contributed by atoms with Crippen molar-refractivity contribution in [1.29, 1.82) is 0 Å². The van der Waals surface area contributed by atoms with Crippen LogP contribution in [-0.4, -0.2) is 64.7 Å². The molecule has 224 valence electrons. The number of carbonyl (C=O) groups is 3. The molecule has 0 bridgehead atoms. The summed E-state index contributed by atoms with van der Waals surface area (Å²) in [6.45, 7) is 2.26. The van der Waals surface area contributed by atoms with Gasteiger partial charge in [0.2, 0.25) is 5.91 Å². The molecule has 1 N–H and O–H groups in total. The Labute approximate surface area is 242 Å². The van der Waals surface area contributed by atoms with Crippen molar-refractivity contribution in [3.05, 3.63) is 35.5 Å². The molecule has 5 rings (SSSR count). The van der Waals surface area contributed by atoms with Gasteiger partial charge in [-0.15, -0.1) is 0 Å². The third-order valence-electron chi connectivity index (χ3n) is 10.6. The molecule has 1 aromatic carbocycles. The van der Waals surface area contributed by atoms with Crippen LogP contribution in [0.3, 0.4) is 0 Å². The van der Waals surface area contributed by atoms with Gasteiger partial charge in [0.1, 0.15) is 5.69 Å². The minimum atomic E-state index is -0.986. The molecule has 2 saturated carbocycles. The number of rotatable bonds is 9. The molecule has 0 radical (unpaired) electrons. The zero-order valence-corrected chi connectivity index (χ0v) is 24.7. The molecule has 41 heavy (non-hydrogen) atoms. The predicted octanol–water partition coefficient (Wildman–Crippen LogP) is 5.82. The first kappa shape index (κ1) is 29.7. The van der Waals surface area contributed by atoms with Crippen molar-refractivity contribution in [3.63, 3.8) is 0 Å². The van der Waals surface area contributed by atoms with Crippen LogP contribution in [0.4, 0.5) is 4.39 Å². The maximum absolute atomic E-state index is 14.1. The fraction of sp³-hybridized carbons (Fsp3) is 0.667. The van der Waals surface area contributed by atoms with Crippen molar-refractivity contribution in [2.75, 3.05) is 20.3 Å². The molecular formula is C33H45FN2O5. The van der Waals surface area contributed by atoms with E-state index in [9.17, 15) is 23.9 Å². The summed E-state index contributed by atoms with van der Waals surface area (Å²) in [6.07, 6.45) is 8.60. The molecule has 0 spiro atoms. The van der Waals surface area contributed by atoms with Gasteiger partial charge in [-0.05, 0) is 105 Å². The predicted molar refractivity (Wildman–Crippen MR) is 156 cm³/mol. The van der Waals surface area contributed by atoms with Crippen LogP contribution in [-0.2, 0) is 27.8 Å². The topological polar surface area (TPSA) is 88.8 Å². The number of aryl methyl sites for hydroxylation is 1. The summed E-state index contributed by atoms with van der Waals surface area (Å²) in [4.78, 5) is 41.6. The lowest BCUT2D eigenvalue weighted by Gasteiger charge is -2.37. The first-order valence-corrected chi connectivity index (χ1v) is 15.4. The average molecular weight is 569 g/mol. The van der Waals surface area contributed by atoms with Crippen LogP contribution in [0.5, 0.6) is 0 Å². The number of aromatic nitrogens is 1. The zero-order valence-electron chi connectivity index (χ0n) is 24.7. The number of nitrogens with zero attached hydrogens (tertiary/aromatic N) is 2. The first-order valence-electron chi connectivity index (χ1n) is 15.4. The molecule has 7 nitrogen and oxygen atoms in total. The highest BCUT2D eigenvalue weighted by Gasteiger charge is 2.47. The number of ketones is 1. The Morgan fingerprint density at radius 1 is 1.02 bits per heavy atom. The number of Topliss-reactive ketones (excluding diaryl/α,β-unsaturated/α-hetero) is 1. The van der Waals surface area contributed by atoms with E-state index in [1.807, 2.05) is 30.0 Å². The molecule has 2 aliphatic carbocycles. The quantitative estimate of drug-likeness (QED) is 0.412. The largest absolute Gasteiger partial charge is 0.477 e. The van der Waals surface area contributed by atoms with Crippen molar-refractivity contribution >= 4 is 28.6 Å². The van der Waals surface area contributed by atoms with E-state index in [2.05, 4.69) is 0 Å². The third-order valence-corrected chi connectivity index (χ3v) is 10.6. The maximum atomic E-state index is 14.1. The van der Waals surface area contributed by atoms with Gasteiger partial charge in [0, 0.05) is 43.9 Å². The van der Waals surface area contributed by atoms with Crippen LogP contribution >= 0.6 is 0 Å². The number of ether oxygens (including phenoxy) is 1. The van der Waals surface area contributed by atoms with Gasteiger partial charge in [-0.2, -0.15) is 0 Å². The number of carboxylic acids is 1. The Kier molecular flexibility index (Phi) is 9.17. The van der Waals surface area contributed by atoms with Gasteiger partial charge >= 0.3 is 5.97 Å². The molecule has 1 unspecified atom stereocenters. The molecule has 3 fully saturated rings. The number of methoxy groups -OCH3 is 1. The highest BCUT2D eigenvalue weighted by atomic mass is 19.1. The van der Waals surface area contributed by atoms with Crippen LogP contribution in [0, 0.1) is 29.6 Å². The smallest absolute Gasteiger partial charge is 0.352 e. The molecule has 1 aromatic heterocycles. The van der Waals surface area contributed by atoms with Crippen molar-refractivity contribution in [2.24, 2.45) is 36.6 Å². The molecule has 1 amide bonds. The van der Waals surface area contributed by atoms with E-state index in [0.717, 1.165) is 74.3 Å². The summed E-state index contributed by atoms with van der Waals surface area (Å²) < 4.78 is 20.5. The van der Waals surface area contributed by atoms with Crippen LogP contribution in [0.15, 0.2) is 24.3 Å². The van der Waals surface area contributed by atoms with E-state index < -0.39 is 12.0 Å². The fourth-order valence-electron chi connectivity index (χ4n) is 8.04. The van der Waals surface area contributed by atoms with Crippen LogP contribution in [0.2, 0.25) is 0 Å². The Hall–Kier alpha value is -2.74. The number of fused-ring (bicyclic) bond motifs is 1. The minimum Gasteiger partial charge on any atom is -0.477 e. The zero-order chi connectivity index (χ0) is 29.3. The Balaban J connectivity index is 1.35. The molecule has 8 heteroatoms. The van der Waals surface area contributed by atoms with E-state index in [0.29, 0.717) is 18.4 Å². The fourth-order valence-corrected chi connectivity index (χ4v) is 8.04. The second-order valence-electron chi connectivity index (χ2n) is 12.9. The number of carbonyl (C=O) groups excluding carboxylic acids is 2. The number of carboxylic acid groups (broad SMARTS) is 1. The highest BCUT2D eigenvalue weighted by Crippen LogP contribution is 2.42.